The number of nitrogens with zero attached hydrogens (tertiary/aromatic N) is 3. The lowest BCUT2D eigenvalue weighted by molar-refractivity contribution is 0.0656. The second-order valence-corrected chi connectivity index (χ2v) is 8.46. The number of aliphatic hydroxyl groups is 1. The fraction of sp³-hybridized carbons (Fsp3) is 0.0909. The summed E-state index contributed by atoms with van der Waals surface area (Å²) in [6.45, 7) is 7.20. The number of anilines is 2. The largest absolute Gasteiger partial charge is 0.365 e. The average molecular weight is 513 g/mol. The third-order valence-corrected chi connectivity index (χ3v) is 5.91. The molecule has 1 atom stereocenters. The molecular formula is C22H15Br2N3O2. The van der Waals surface area contributed by atoms with Gasteiger partial charge in [0.15, 0.2) is 11.4 Å². The molecule has 3 aromatic carbocycles. The van der Waals surface area contributed by atoms with Crippen LogP contribution in [0.2, 0.25) is 0 Å². The summed E-state index contributed by atoms with van der Waals surface area (Å²) < 4.78 is 1.78. The third-order valence-electron chi connectivity index (χ3n) is 4.85. The molecule has 7 heteroatoms. The standard InChI is InChI=1S/C22H15Br2N3O2/c1-25-18-8-2-15(3-9-18)22(29)14-26(19-10-4-16(23)5-11-19)21(28)27(22)20-12-6-17(24)7-13-20/h2-13,29H,14H2. The van der Waals surface area contributed by atoms with Crippen molar-refractivity contribution in [2.24, 2.45) is 0 Å². The number of hydrogen-bond acceptors (Lipinski definition) is 2. The number of amides is 2. The molecular weight excluding hydrogens is 498 g/mol. The van der Waals surface area contributed by atoms with E-state index in [2.05, 4.69) is 36.7 Å². The highest BCUT2D eigenvalue weighted by atomic mass is 79.9. The van der Waals surface area contributed by atoms with Crippen LogP contribution in [0.1, 0.15) is 5.56 Å². The molecule has 3 aromatic rings. The van der Waals surface area contributed by atoms with Gasteiger partial charge in [-0.15, -0.1) is 0 Å². The summed E-state index contributed by atoms with van der Waals surface area (Å²) in [5.41, 5.74) is 0.699. The van der Waals surface area contributed by atoms with Crippen molar-refractivity contribution in [3.63, 3.8) is 0 Å². The first-order valence-corrected chi connectivity index (χ1v) is 10.3. The molecule has 1 fully saturated rings. The number of hydrogen-bond donors (Lipinski definition) is 1. The molecule has 5 nitrogen and oxygen atoms in total. The Hall–Kier alpha value is -2.66. The number of β-amino-alcohol motifs (C(OH)–C–C–N with tert-alkyl or cyclic N) is 1. The Kier molecular flexibility index (Phi) is 5.17. The topological polar surface area (TPSA) is 48.1 Å². The lowest BCUT2D eigenvalue weighted by Gasteiger charge is -2.32. The van der Waals surface area contributed by atoms with Crippen LogP contribution in [0.3, 0.4) is 0 Å². The van der Waals surface area contributed by atoms with Crippen molar-refractivity contribution in [3.05, 3.63) is 98.7 Å². The Bertz CT molecular complexity index is 1090. The zero-order valence-corrected chi connectivity index (χ0v) is 18.3. The van der Waals surface area contributed by atoms with Crippen molar-refractivity contribution in [2.75, 3.05) is 16.3 Å². The first-order valence-electron chi connectivity index (χ1n) is 8.75. The number of carbonyl (C=O) groups is 1. The summed E-state index contributed by atoms with van der Waals surface area (Å²) >= 11 is 6.81. The van der Waals surface area contributed by atoms with Crippen molar-refractivity contribution in [3.8, 4) is 0 Å². The minimum absolute atomic E-state index is 0.0564. The Balaban J connectivity index is 1.83. The van der Waals surface area contributed by atoms with E-state index in [1.54, 1.807) is 41.3 Å². The number of benzene rings is 3. The quantitative estimate of drug-likeness (QED) is 0.434. The number of urea groups is 1. The van der Waals surface area contributed by atoms with E-state index in [9.17, 15) is 9.90 Å². The Morgan fingerprint density at radius 3 is 1.90 bits per heavy atom. The lowest BCUT2D eigenvalue weighted by atomic mass is 10.0. The first kappa shape index (κ1) is 19.6. The second kappa shape index (κ2) is 7.64. The molecule has 144 valence electrons. The summed E-state index contributed by atoms with van der Waals surface area (Å²) in [7, 11) is 0. The summed E-state index contributed by atoms with van der Waals surface area (Å²) in [6.07, 6.45) is 0. The van der Waals surface area contributed by atoms with Gasteiger partial charge < -0.3 is 5.11 Å². The molecule has 29 heavy (non-hydrogen) atoms. The average Bonchev–Trinajstić information content (AvgIpc) is 3.01. The van der Waals surface area contributed by atoms with Gasteiger partial charge in [-0.05, 0) is 48.5 Å². The van der Waals surface area contributed by atoms with E-state index in [-0.39, 0.29) is 12.6 Å². The molecule has 1 saturated heterocycles. The normalized spacial score (nSPS) is 18.8. The Labute approximate surface area is 185 Å². The second-order valence-electron chi connectivity index (χ2n) is 6.63. The molecule has 1 unspecified atom stereocenters. The molecule has 2 amide bonds. The summed E-state index contributed by atoms with van der Waals surface area (Å²) in [6, 6.07) is 20.9. The van der Waals surface area contributed by atoms with E-state index in [1.165, 1.54) is 4.90 Å². The minimum atomic E-state index is -1.58. The monoisotopic (exact) mass is 511 g/mol. The molecule has 0 aliphatic carbocycles. The summed E-state index contributed by atoms with van der Waals surface area (Å²) in [5, 5.41) is 11.7. The maximum Gasteiger partial charge on any atom is 0.331 e. The van der Waals surface area contributed by atoms with Crippen LogP contribution in [0.5, 0.6) is 0 Å². The first-order chi connectivity index (χ1) is 13.9. The van der Waals surface area contributed by atoms with Crippen molar-refractivity contribution in [1.29, 1.82) is 0 Å². The number of rotatable bonds is 3. The molecule has 1 aliphatic rings. The van der Waals surface area contributed by atoms with Crippen LogP contribution in [0.25, 0.3) is 4.85 Å². The lowest BCUT2D eigenvalue weighted by Crippen LogP contribution is -2.44. The molecule has 0 saturated carbocycles. The SMILES string of the molecule is [C-]#[N+]c1ccc(C2(O)CN(c3ccc(Br)cc3)C(=O)N2c2ccc(Br)cc2)cc1. The van der Waals surface area contributed by atoms with Gasteiger partial charge in [0.2, 0.25) is 0 Å². The Morgan fingerprint density at radius 1 is 0.862 bits per heavy atom. The van der Waals surface area contributed by atoms with Gasteiger partial charge in [0.1, 0.15) is 0 Å². The molecule has 1 N–H and O–H groups in total. The van der Waals surface area contributed by atoms with Gasteiger partial charge in [-0.25, -0.2) is 9.64 Å². The molecule has 0 aromatic heterocycles. The summed E-state index contributed by atoms with van der Waals surface area (Å²) in [4.78, 5) is 19.8. The summed E-state index contributed by atoms with van der Waals surface area (Å²) in [5.74, 6) is 0. The molecule has 4 rings (SSSR count). The van der Waals surface area contributed by atoms with Gasteiger partial charge in [0, 0.05) is 25.9 Å². The maximum absolute atomic E-state index is 13.4. The highest BCUT2D eigenvalue weighted by Crippen LogP contribution is 2.40. The van der Waals surface area contributed by atoms with Crippen LogP contribution in [-0.2, 0) is 5.72 Å². The van der Waals surface area contributed by atoms with E-state index in [0.717, 1.165) is 8.95 Å². The van der Waals surface area contributed by atoms with Gasteiger partial charge in [-0.2, -0.15) is 0 Å². The van der Waals surface area contributed by atoms with Gasteiger partial charge in [0.05, 0.1) is 13.1 Å². The third kappa shape index (κ3) is 3.55. The van der Waals surface area contributed by atoms with Crippen molar-refractivity contribution < 1.29 is 9.90 Å². The van der Waals surface area contributed by atoms with Crippen LogP contribution in [0.15, 0.2) is 81.7 Å². The number of halogens is 2. The van der Waals surface area contributed by atoms with Crippen molar-refractivity contribution in [1.82, 2.24) is 0 Å². The molecule has 0 bridgehead atoms. The maximum atomic E-state index is 13.4. The fourth-order valence-electron chi connectivity index (χ4n) is 3.40. The van der Waals surface area contributed by atoms with E-state index >= 15 is 0 Å². The van der Waals surface area contributed by atoms with Crippen LogP contribution in [0.4, 0.5) is 21.9 Å². The van der Waals surface area contributed by atoms with Crippen LogP contribution >= 0.6 is 31.9 Å². The van der Waals surface area contributed by atoms with Gasteiger partial charge >= 0.3 is 6.03 Å². The van der Waals surface area contributed by atoms with E-state index in [0.29, 0.717) is 22.6 Å². The zero-order chi connectivity index (χ0) is 20.6. The molecule has 0 radical (unpaired) electrons. The van der Waals surface area contributed by atoms with Crippen molar-refractivity contribution in [2.45, 2.75) is 5.72 Å². The van der Waals surface area contributed by atoms with Crippen LogP contribution in [0, 0.1) is 6.57 Å². The van der Waals surface area contributed by atoms with E-state index in [1.807, 2.05) is 36.4 Å². The predicted octanol–water partition coefficient (Wildman–Crippen LogP) is 6.05. The van der Waals surface area contributed by atoms with Gasteiger partial charge in [-0.3, -0.25) is 9.80 Å². The van der Waals surface area contributed by atoms with Gasteiger partial charge in [0.25, 0.3) is 0 Å². The van der Waals surface area contributed by atoms with E-state index < -0.39 is 5.72 Å². The minimum Gasteiger partial charge on any atom is -0.365 e. The zero-order valence-electron chi connectivity index (χ0n) is 15.1. The highest BCUT2D eigenvalue weighted by molar-refractivity contribution is 9.10. The molecule has 1 aliphatic heterocycles. The smallest absolute Gasteiger partial charge is 0.331 e. The van der Waals surface area contributed by atoms with Crippen LogP contribution < -0.4 is 9.80 Å². The fourth-order valence-corrected chi connectivity index (χ4v) is 3.93. The highest BCUT2D eigenvalue weighted by Gasteiger charge is 2.51. The molecule has 1 heterocycles. The number of carbonyl (C=O) groups excluding carboxylic acids is 1. The Morgan fingerprint density at radius 2 is 1.38 bits per heavy atom. The van der Waals surface area contributed by atoms with Crippen molar-refractivity contribution >= 4 is 55.0 Å². The van der Waals surface area contributed by atoms with Crippen LogP contribution in [-0.4, -0.2) is 17.7 Å². The van der Waals surface area contributed by atoms with E-state index in [4.69, 9.17) is 6.57 Å². The predicted molar refractivity (Wildman–Crippen MR) is 120 cm³/mol. The molecule has 0 spiro atoms. The van der Waals surface area contributed by atoms with Gasteiger partial charge in [-0.1, -0.05) is 56.1 Å².